The molecule has 308 valence electrons. The van der Waals surface area contributed by atoms with Crippen LogP contribution in [-0.4, -0.2) is 52.1 Å². The number of nitrogens with one attached hydrogen (secondary N) is 1. The summed E-state index contributed by atoms with van der Waals surface area (Å²) < 4.78 is 11.7. The molecule has 2 fully saturated rings. The van der Waals surface area contributed by atoms with E-state index < -0.39 is 65.5 Å². The molecule has 11 nitrogen and oxygen atoms in total. The van der Waals surface area contributed by atoms with Gasteiger partial charge in [-0.25, -0.2) is 9.69 Å². The molecule has 0 aliphatic carbocycles. The molecule has 7 atom stereocenters. The summed E-state index contributed by atoms with van der Waals surface area (Å²) in [6.45, 7) is 1.79. The van der Waals surface area contributed by atoms with Gasteiger partial charge in [0.15, 0.2) is 0 Å². The van der Waals surface area contributed by atoms with Crippen LogP contribution in [0.1, 0.15) is 70.1 Å². The molecule has 3 amide bonds. The third-order valence-corrected chi connectivity index (χ3v) is 12.2. The van der Waals surface area contributed by atoms with E-state index in [1.54, 1.807) is 73.5 Å². The van der Waals surface area contributed by atoms with Crippen molar-refractivity contribution in [1.82, 2.24) is 10.2 Å². The standard InChI is InChI=1S/C51H41N3O8/c1-31(34-12-6-3-7-13-34)52-50(60)53-41-29-22-33(19-18-32-20-27-39(61-2)28-21-32)30-40(41)51(49(53)59)42(47(56)57)44-48(58)62-45(36-16-10-5-11-17-36)43(35-14-8-4-9-15-35)54(44)46(51)37-23-25-38(55)26-24-37/h3-17,20-31,42-46,55H,1-2H3,(H,52,60)(H,56,57). The molecule has 6 aromatic carbocycles. The number of anilines is 1. The van der Waals surface area contributed by atoms with Crippen LogP contribution in [0.15, 0.2) is 158 Å². The molecule has 11 heteroatoms. The number of aromatic hydroxyl groups is 1. The molecule has 9 rings (SSSR count). The molecule has 0 aromatic heterocycles. The highest BCUT2D eigenvalue weighted by molar-refractivity contribution is 6.24. The van der Waals surface area contributed by atoms with E-state index in [4.69, 9.17) is 9.47 Å². The minimum absolute atomic E-state index is 0.0582. The average Bonchev–Trinajstić information content (AvgIpc) is 3.76. The number of cyclic esters (lactones) is 1. The number of fused-ring (bicyclic) bond motifs is 3. The van der Waals surface area contributed by atoms with Crippen LogP contribution in [-0.2, 0) is 24.5 Å². The normalized spacial score (nSPS) is 23.1. The smallest absolute Gasteiger partial charge is 0.329 e. The highest BCUT2D eigenvalue weighted by Gasteiger charge is 2.76. The molecule has 0 saturated carbocycles. The highest BCUT2D eigenvalue weighted by atomic mass is 16.6. The number of carbonyl (C=O) groups excluding carboxylic acids is 3. The van der Waals surface area contributed by atoms with E-state index in [0.29, 0.717) is 33.6 Å². The van der Waals surface area contributed by atoms with E-state index in [-0.39, 0.29) is 17.0 Å². The summed E-state index contributed by atoms with van der Waals surface area (Å²) in [6, 6.07) is 41.2. The molecule has 62 heavy (non-hydrogen) atoms. The average molecular weight is 824 g/mol. The van der Waals surface area contributed by atoms with Gasteiger partial charge < -0.3 is 25.0 Å². The molecular weight excluding hydrogens is 783 g/mol. The van der Waals surface area contributed by atoms with E-state index in [2.05, 4.69) is 17.2 Å². The monoisotopic (exact) mass is 823 g/mol. The number of rotatable bonds is 7. The molecule has 3 aliphatic rings. The summed E-state index contributed by atoms with van der Waals surface area (Å²) in [6.07, 6.45) is -0.935. The van der Waals surface area contributed by atoms with Crippen LogP contribution in [0.5, 0.6) is 11.5 Å². The number of nitrogens with zero attached hydrogens (tertiary/aromatic N) is 2. The molecule has 1 spiro atoms. The predicted molar refractivity (Wildman–Crippen MR) is 230 cm³/mol. The number of methoxy groups -OCH3 is 1. The summed E-state index contributed by atoms with van der Waals surface area (Å²) in [5.74, 6) is 2.06. The second-order valence-electron chi connectivity index (χ2n) is 15.6. The van der Waals surface area contributed by atoms with Crippen LogP contribution in [0.3, 0.4) is 0 Å². The Labute approximate surface area is 358 Å². The maximum Gasteiger partial charge on any atom is 0.329 e. The molecule has 7 unspecified atom stereocenters. The Morgan fingerprint density at radius 1 is 0.742 bits per heavy atom. The molecule has 0 radical (unpaired) electrons. The lowest BCUT2D eigenvalue weighted by Crippen LogP contribution is -2.54. The van der Waals surface area contributed by atoms with Gasteiger partial charge in [0, 0.05) is 11.1 Å². The van der Waals surface area contributed by atoms with Crippen molar-refractivity contribution in [3.63, 3.8) is 0 Å². The van der Waals surface area contributed by atoms with Crippen molar-refractivity contribution in [1.29, 1.82) is 0 Å². The van der Waals surface area contributed by atoms with E-state index in [0.717, 1.165) is 10.5 Å². The zero-order chi connectivity index (χ0) is 43.1. The minimum atomic E-state index is -2.13. The van der Waals surface area contributed by atoms with Gasteiger partial charge in [0.25, 0.3) is 0 Å². The van der Waals surface area contributed by atoms with Crippen molar-refractivity contribution >= 4 is 29.6 Å². The summed E-state index contributed by atoms with van der Waals surface area (Å²) in [7, 11) is 1.57. The number of hydrogen-bond donors (Lipinski definition) is 3. The largest absolute Gasteiger partial charge is 0.508 e. The zero-order valence-electron chi connectivity index (χ0n) is 33.7. The van der Waals surface area contributed by atoms with Crippen molar-refractivity contribution in [3.8, 4) is 23.3 Å². The number of carbonyl (C=O) groups is 4. The lowest BCUT2D eigenvalue weighted by molar-refractivity contribution is -0.179. The fourth-order valence-electron chi connectivity index (χ4n) is 9.52. The van der Waals surface area contributed by atoms with Crippen molar-refractivity contribution in [2.45, 2.75) is 42.6 Å². The summed E-state index contributed by atoms with van der Waals surface area (Å²) in [5, 5.41) is 25.1. The van der Waals surface area contributed by atoms with Crippen LogP contribution in [0.4, 0.5) is 10.5 Å². The van der Waals surface area contributed by atoms with Crippen molar-refractivity contribution < 1.29 is 38.9 Å². The number of phenolic OH excluding ortho intramolecular Hbond substituents is 1. The van der Waals surface area contributed by atoms with E-state index in [1.165, 1.54) is 12.1 Å². The summed E-state index contributed by atoms with van der Waals surface area (Å²) in [4.78, 5) is 62.6. The van der Waals surface area contributed by atoms with Crippen LogP contribution < -0.4 is 15.0 Å². The number of carboxylic acid groups (broad SMARTS) is 1. The molecule has 2 saturated heterocycles. The van der Waals surface area contributed by atoms with Crippen molar-refractivity contribution in [3.05, 3.63) is 197 Å². The lowest BCUT2D eigenvalue weighted by atomic mass is 9.65. The van der Waals surface area contributed by atoms with Gasteiger partial charge in [0.1, 0.15) is 35.0 Å². The maximum atomic E-state index is 16.0. The fraction of sp³-hybridized carbons (Fsp3) is 0.176. The number of ether oxygens (including phenoxy) is 2. The minimum Gasteiger partial charge on any atom is -0.508 e. The number of morpholine rings is 1. The van der Waals surface area contributed by atoms with Gasteiger partial charge in [-0.2, -0.15) is 0 Å². The third kappa shape index (κ3) is 6.62. The Balaban J connectivity index is 1.30. The van der Waals surface area contributed by atoms with Gasteiger partial charge >= 0.3 is 18.0 Å². The predicted octanol–water partition coefficient (Wildman–Crippen LogP) is 8.02. The number of urea groups is 1. The number of esters is 1. The second-order valence-corrected chi connectivity index (χ2v) is 15.6. The topological polar surface area (TPSA) is 146 Å². The first-order valence-corrected chi connectivity index (χ1v) is 20.2. The first-order chi connectivity index (χ1) is 30.1. The van der Waals surface area contributed by atoms with Crippen LogP contribution >= 0.6 is 0 Å². The van der Waals surface area contributed by atoms with Gasteiger partial charge in [0.2, 0.25) is 5.91 Å². The second kappa shape index (κ2) is 16.1. The molecule has 3 N–H and O–H groups in total. The fourth-order valence-corrected chi connectivity index (χ4v) is 9.52. The number of amides is 3. The van der Waals surface area contributed by atoms with Gasteiger partial charge in [-0.3, -0.25) is 19.3 Å². The first-order valence-electron chi connectivity index (χ1n) is 20.2. The van der Waals surface area contributed by atoms with Crippen LogP contribution in [0.2, 0.25) is 0 Å². The molecule has 3 aliphatic heterocycles. The van der Waals surface area contributed by atoms with Gasteiger partial charge in [-0.15, -0.1) is 0 Å². The number of phenols is 1. The van der Waals surface area contributed by atoms with Crippen molar-refractivity contribution in [2.24, 2.45) is 5.92 Å². The Bertz CT molecular complexity index is 2740. The Morgan fingerprint density at radius 3 is 1.97 bits per heavy atom. The SMILES string of the molecule is COc1ccc(C#Cc2ccc3c(c2)C2(C(=O)N3C(=O)NC(C)c3ccccc3)C(C(=O)O)C3C(=O)OC(c4ccccc4)C(c4ccccc4)N3C2c2ccc(O)cc2)cc1. The lowest BCUT2D eigenvalue weighted by Gasteiger charge is -2.46. The number of hydrogen-bond acceptors (Lipinski definition) is 8. The number of carboxylic acids is 1. The molecule has 6 aromatic rings. The van der Waals surface area contributed by atoms with E-state index in [9.17, 15) is 24.6 Å². The van der Waals surface area contributed by atoms with Gasteiger partial charge in [-0.1, -0.05) is 115 Å². The summed E-state index contributed by atoms with van der Waals surface area (Å²) in [5.41, 5.74) is 1.94. The Kier molecular flexibility index (Phi) is 10.3. The molecule has 0 bridgehead atoms. The third-order valence-electron chi connectivity index (χ3n) is 12.2. The van der Waals surface area contributed by atoms with E-state index >= 15 is 4.79 Å². The molecule has 3 heterocycles. The highest BCUT2D eigenvalue weighted by Crippen LogP contribution is 2.66. The zero-order valence-corrected chi connectivity index (χ0v) is 33.7. The Hall–Kier alpha value is -7.68. The number of imide groups is 1. The maximum absolute atomic E-state index is 16.0. The Morgan fingerprint density at radius 2 is 1.34 bits per heavy atom. The molecular formula is C51H41N3O8. The van der Waals surface area contributed by atoms with Crippen LogP contribution in [0, 0.1) is 17.8 Å². The first kappa shape index (κ1) is 39.8. The van der Waals surface area contributed by atoms with E-state index in [1.807, 2.05) is 91.0 Å². The van der Waals surface area contributed by atoms with Gasteiger partial charge in [-0.05, 0) is 89.3 Å². The quantitative estimate of drug-likeness (QED) is 0.108. The number of benzene rings is 6. The van der Waals surface area contributed by atoms with Crippen molar-refractivity contribution in [2.75, 3.05) is 12.0 Å². The van der Waals surface area contributed by atoms with Gasteiger partial charge in [0.05, 0.1) is 30.9 Å². The number of aliphatic carboxylic acids is 1. The van der Waals surface area contributed by atoms with Crippen LogP contribution in [0.25, 0.3) is 0 Å². The summed E-state index contributed by atoms with van der Waals surface area (Å²) >= 11 is 0.